The molecule has 6 heteroatoms. The molecule has 0 aliphatic carbocycles. The molecule has 1 aliphatic rings. The fourth-order valence-electron chi connectivity index (χ4n) is 1.76. The van der Waals surface area contributed by atoms with E-state index in [1.807, 2.05) is 0 Å². The van der Waals surface area contributed by atoms with Crippen LogP contribution in [0, 0.1) is 15.2 Å². The number of rotatable bonds is 1. The first-order valence-corrected chi connectivity index (χ1v) is 6.15. The van der Waals surface area contributed by atoms with Gasteiger partial charge in [-0.3, -0.25) is 4.79 Å². The molecule has 1 aromatic rings. The summed E-state index contributed by atoms with van der Waals surface area (Å²) in [5, 5.41) is 0. The molecule has 0 bridgehead atoms. The lowest BCUT2D eigenvalue weighted by Crippen LogP contribution is -2.29. The highest BCUT2D eigenvalue weighted by Gasteiger charge is 2.28. The predicted octanol–water partition coefficient (Wildman–Crippen LogP) is 2.75. The summed E-state index contributed by atoms with van der Waals surface area (Å²) in [6.07, 6.45) is -0.785. The Hall–Kier alpha value is -0.790. The van der Waals surface area contributed by atoms with Crippen LogP contribution in [-0.4, -0.2) is 30.1 Å². The second-order valence-corrected chi connectivity index (χ2v) is 5.05. The van der Waals surface area contributed by atoms with E-state index in [1.54, 1.807) is 22.6 Å². The highest BCUT2D eigenvalue weighted by atomic mass is 127. The summed E-state index contributed by atoms with van der Waals surface area (Å²) in [6.45, 7) is 0.250. The molecule has 0 spiro atoms. The zero-order chi connectivity index (χ0) is 12.6. The van der Waals surface area contributed by atoms with Gasteiger partial charge in [0.15, 0.2) is 0 Å². The lowest BCUT2D eigenvalue weighted by molar-refractivity contribution is 0.0778. The predicted molar refractivity (Wildman–Crippen MR) is 64.5 cm³/mol. The van der Waals surface area contributed by atoms with Crippen molar-refractivity contribution in [2.24, 2.45) is 0 Å². The van der Waals surface area contributed by atoms with Crippen LogP contribution < -0.4 is 0 Å². The van der Waals surface area contributed by atoms with Crippen molar-refractivity contribution >= 4 is 28.5 Å². The van der Waals surface area contributed by atoms with Crippen molar-refractivity contribution in [1.82, 2.24) is 4.90 Å². The molecule has 17 heavy (non-hydrogen) atoms. The summed E-state index contributed by atoms with van der Waals surface area (Å²) >= 11 is 1.68. The van der Waals surface area contributed by atoms with Crippen LogP contribution in [0.4, 0.5) is 13.2 Å². The molecule has 92 valence electrons. The maximum absolute atomic E-state index is 13.4. The first-order chi connectivity index (χ1) is 7.99. The molecule has 1 aliphatic heterocycles. The minimum absolute atomic E-state index is 0.0216. The highest BCUT2D eigenvalue weighted by molar-refractivity contribution is 14.1. The summed E-state index contributed by atoms with van der Waals surface area (Å²) in [5.74, 6) is -2.19. The molecule has 2 nitrogen and oxygen atoms in total. The number of halogens is 4. The van der Waals surface area contributed by atoms with Crippen molar-refractivity contribution in [2.45, 2.75) is 12.6 Å². The topological polar surface area (TPSA) is 20.3 Å². The van der Waals surface area contributed by atoms with Gasteiger partial charge in [-0.2, -0.15) is 0 Å². The summed E-state index contributed by atoms with van der Waals surface area (Å²) in [6, 6.07) is 1.83. The van der Waals surface area contributed by atoms with Crippen molar-refractivity contribution in [1.29, 1.82) is 0 Å². The van der Waals surface area contributed by atoms with E-state index in [1.165, 1.54) is 4.90 Å². The molecule has 1 heterocycles. The van der Waals surface area contributed by atoms with Crippen LogP contribution in [0.5, 0.6) is 0 Å². The number of alkyl halides is 1. The molecule has 1 aromatic carbocycles. The Morgan fingerprint density at radius 2 is 2.06 bits per heavy atom. The van der Waals surface area contributed by atoms with Crippen LogP contribution in [0.2, 0.25) is 0 Å². The second kappa shape index (κ2) is 4.83. The van der Waals surface area contributed by atoms with E-state index in [9.17, 15) is 18.0 Å². The van der Waals surface area contributed by atoms with Gasteiger partial charge in [-0.1, -0.05) is 0 Å². The molecule has 0 N–H and O–H groups in total. The van der Waals surface area contributed by atoms with Crippen LogP contribution >= 0.6 is 22.6 Å². The van der Waals surface area contributed by atoms with Gasteiger partial charge in [-0.25, -0.2) is 13.2 Å². The second-order valence-electron chi connectivity index (χ2n) is 3.88. The van der Waals surface area contributed by atoms with Crippen LogP contribution in [0.3, 0.4) is 0 Å². The molecule has 2 rings (SSSR count). The van der Waals surface area contributed by atoms with E-state index < -0.39 is 23.7 Å². The van der Waals surface area contributed by atoms with Gasteiger partial charge in [0.2, 0.25) is 0 Å². The van der Waals surface area contributed by atoms with E-state index in [0.29, 0.717) is 6.07 Å². The maximum atomic E-state index is 13.4. The summed E-state index contributed by atoms with van der Waals surface area (Å²) < 4.78 is 39.6. The molecule has 1 amide bonds. The number of amides is 1. The number of nitrogens with zero attached hydrogens (tertiary/aromatic N) is 1. The quantitative estimate of drug-likeness (QED) is 0.561. The van der Waals surface area contributed by atoms with Gasteiger partial charge in [0, 0.05) is 16.2 Å². The van der Waals surface area contributed by atoms with Gasteiger partial charge in [0.1, 0.15) is 17.8 Å². The number of benzene rings is 1. The summed E-state index contributed by atoms with van der Waals surface area (Å²) in [7, 11) is 0. The zero-order valence-electron chi connectivity index (χ0n) is 8.72. The average Bonchev–Trinajstić information content (AvgIpc) is 2.69. The average molecular weight is 355 g/mol. The number of hydrogen-bond donors (Lipinski definition) is 0. The Morgan fingerprint density at radius 3 is 2.65 bits per heavy atom. The fraction of sp³-hybridized carbons (Fsp3) is 0.364. The third-order valence-corrected chi connectivity index (χ3v) is 3.49. The molecular formula is C11H9F3INO. The van der Waals surface area contributed by atoms with Crippen LogP contribution in [0.15, 0.2) is 12.1 Å². The van der Waals surface area contributed by atoms with E-state index in [0.717, 1.165) is 6.07 Å². The smallest absolute Gasteiger partial charge is 0.256 e. The summed E-state index contributed by atoms with van der Waals surface area (Å²) in [5.41, 5.74) is -0.204. The van der Waals surface area contributed by atoms with E-state index in [-0.39, 0.29) is 28.6 Å². The monoisotopic (exact) mass is 355 g/mol. The van der Waals surface area contributed by atoms with E-state index >= 15 is 0 Å². The Kier molecular flexibility index (Phi) is 3.60. The number of likely N-dealkylation sites (tertiary alicyclic amines) is 1. The summed E-state index contributed by atoms with van der Waals surface area (Å²) in [4.78, 5) is 13.1. The van der Waals surface area contributed by atoms with Crippen molar-refractivity contribution < 1.29 is 18.0 Å². The Labute approximate surface area is 110 Å². The first-order valence-electron chi connectivity index (χ1n) is 5.07. The molecule has 0 unspecified atom stereocenters. The van der Waals surface area contributed by atoms with E-state index in [4.69, 9.17) is 0 Å². The minimum Gasteiger partial charge on any atom is -0.336 e. The molecule has 0 radical (unpaired) electrons. The third kappa shape index (κ3) is 2.56. The maximum Gasteiger partial charge on any atom is 0.256 e. The Balaban J connectivity index is 2.28. The van der Waals surface area contributed by atoms with E-state index in [2.05, 4.69) is 0 Å². The van der Waals surface area contributed by atoms with Crippen molar-refractivity contribution in [2.75, 3.05) is 13.1 Å². The fourth-order valence-corrected chi connectivity index (χ4v) is 2.23. The Morgan fingerprint density at radius 1 is 1.35 bits per heavy atom. The van der Waals surface area contributed by atoms with Gasteiger partial charge in [0.05, 0.1) is 12.1 Å². The van der Waals surface area contributed by atoms with Crippen molar-refractivity contribution in [3.8, 4) is 0 Å². The third-order valence-electron chi connectivity index (χ3n) is 2.66. The van der Waals surface area contributed by atoms with Crippen molar-refractivity contribution in [3.63, 3.8) is 0 Å². The number of carbonyl (C=O) groups excluding carboxylic acids is 1. The van der Waals surface area contributed by atoms with Gasteiger partial charge >= 0.3 is 0 Å². The van der Waals surface area contributed by atoms with Gasteiger partial charge in [-0.15, -0.1) is 0 Å². The van der Waals surface area contributed by atoms with Crippen molar-refractivity contribution in [3.05, 3.63) is 32.9 Å². The SMILES string of the molecule is O=C(c1cc(I)c(F)cc1F)N1CC[C@H](F)C1. The molecule has 0 aromatic heterocycles. The van der Waals surface area contributed by atoms with Gasteiger partial charge in [0.25, 0.3) is 5.91 Å². The van der Waals surface area contributed by atoms with Gasteiger partial charge in [-0.05, 0) is 35.1 Å². The lowest BCUT2D eigenvalue weighted by atomic mass is 10.2. The highest BCUT2D eigenvalue weighted by Crippen LogP contribution is 2.21. The van der Waals surface area contributed by atoms with Gasteiger partial charge < -0.3 is 4.90 Å². The molecular weight excluding hydrogens is 346 g/mol. The first kappa shape index (κ1) is 12.7. The van der Waals surface area contributed by atoms with Crippen LogP contribution in [0.1, 0.15) is 16.8 Å². The molecule has 0 saturated carbocycles. The molecule has 1 atom stereocenters. The number of carbonyl (C=O) groups is 1. The largest absolute Gasteiger partial charge is 0.336 e. The minimum atomic E-state index is -1.05. The lowest BCUT2D eigenvalue weighted by Gasteiger charge is -2.15. The van der Waals surface area contributed by atoms with Crippen LogP contribution in [0.25, 0.3) is 0 Å². The zero-order valence-corrected chi connectivity index (χ0v) is 10.9. The normalized spacial score (nSPS) is 19.8. The Bertz CT molecular complexity index is 466. The number of hydrogen-bond acceptors (Lipinski definition) is 1. The van der Waals surface area contributed by atoms with Crippen LogP contribution in [-0.2, 0) is 0 Å². The standard InChI is InChI=1S/C11H9F3INO/c12-6-1-2-16(5-6)11(17)7-3-10(15)9(14)4-8(7)13/h3-4,6H,1-2,5H2/t6-/m0/s1. The molecule has 1 fully saturated rings. The molecule has 1 saturated heterocycles.